The van der Waals surface area contributed by atoms with Gasteiger partial charge in [-0.2, -0.15) is 0 Å². The average molecular weight is 475 g/mol. The quantitative estimate of drug-likeness (QED) is 0.190. The first-order chi connectivity index (χ1) is 16.9. The van der Waals surface area contributed by atoms with Crippen LogP contribution in [0.3, 0.4) is 0 Å². The molecule has 0 saturated carbocycles. The van der Waals surface area contributed by atoms with Crippen molar-refractivity contribution in [3.05, 3.63) is 95.6 Å². The van der Waals surface area contributed by atoms with Gasteiger partial charge >= 0.3 is 11.9 Å². The van der Waals surface area contributed by atoms with Crippen LogP contribution in [0.4, 0.5) is 0 Å². The van der Waals surface area contributed by atoms with Crippen LogP contribution >= 0.6 is 0 Å². The van der Waals surface area contributed by atoms with E-state index in [4.69, 9.17) is 18.9 Å². The molecular weight excluding hydrogens is 444 g/mol. The lowest BCUT2D eigenvalue weighted by atomic mass is 10.1. The highest BCUT2D eigenvalue weighted by Gasteiger charge is 2.09. The summed E-state index contributed by atoms with van der Waals surface area (Å²) in [5.74, 6) is 1.15. The van der Waals surface area contributed by atoms with Gasteiger partial charge in [-0.15, -0.1) is 0 Å². The summed E-state index contributed by atoms with van der Waals surface area (Å²) in [6, 6.07) is 21.1. The molecule has 3 rings (SSSR count). The van der Waals surface area contributed by atoms with Crippen LogP contribution in [-0.4, -0.2) is 25.7 Å². The third kappa shape index (κ3) is 8.34. The van der Waals surface area contributed by atoms with Gasteiger partial charge in [-0.25, -0.2) is 9.59 Å². The molecular formula is C29H30O6. The second-order valence-corrected chi connectivity index (χ2v) is 8.28. The molecule has 0 amide bonds. The summed E-state index contributed by atoms with van der Waals surface area (Å²) in [5.41, 5.74) is 2.05. The number of rotatable bonds is 11. The summed E-state index contributed by atoms with van der Waals surface area (Å²) in [6.07, 6.45) is 3.92. The normalized spacial score (nSPS) is 10.9. The predicted octanol–water partition coefficient (Wildman–Crippen LogP) is 6.10. The summed E-state index contributed by atoms with van der Waals surface area (Å²) in [4.78, 5) is 24.4. The molecule has 0 radical (unpaired) electrons. The molecule has 0 heterocycles. The van der Waals surface area contributed by atoms with Crippen molar-refractivity contribution in [2.45, 2.75) is 26.9 Å². The van der Waals surface area contributed by atoms with E-state index in [9.17, 15) is 9.59 Å². The maximum atomic E-state index is 12.2. The van der Waals surface area contributed by atoms with Gasteiger partial charge in [0, 0.05) is 6.08 Å². The summed E-state index contributed by atoms with van der Waals surface area (Å²) in [7, 11) is 1.58. The fourth-order valence-electron chi connectivity index (χ4n) is 3.09. The van der Waals surface area contributed by atoms with Crippen LogP contribution in [0.5, 0.6) is 17.2 Å². The van der Waals surface area contributed by atoms with Crippen molar-refractivity contribution < 1.29 is 28.5 Å². The van der Waals surface area contributed by atoms with Gasteiger partial charge in [0.2, 0.25) is 0 Å². The monoisotopic (exact) mass is 474 g/mol. The molecule has 6 heteroatoms. The second-order valence-electron chi connectivity index (χ2n) is 8.28. The van der Waals surface area contributed by atoms with Crippen molar-refractivity contribution in [1.82, 2.24) is 0 Å². The fraction of sp³-hybridized carbons (Fsp3) is 0.241. The Morgan fingerprint density at radius 2 is 1.66 bits per heavy atom. The van der Waals surface area contributed by atoms with E-state index < -0.39 is 11.9 Å². The minimum Gasteiger partial charge on any atom is -0.493 e. The number of hydrogen-bond donors (Lipinski definition) is 0. The van der Waals surface area contributed by atoms with Gasteiger partial charge in [0.25, 0.3) is 0 Å². The lowest BCUT2D eigenvalue weighted by molar-refractivity contribution is -0.128. The van der Waals surface area contributed by atoms with Gasteiger partial charge in [-0.05, 0) is 65.9 Å². The van der Waals surface area contributed by atoms with Crippen LogP contribution in [-0.2, 0) is 16.1 Å². The summed E-state index contributed by atoms with van der Waals surface area (Å²) >= 11 is 0. The molecule has 0 atom stereocenters. The maximum Gasteiger partial charge on any atom is 0.338 e. The third-order valence-electron chi connectivity index (χ3n) is 5.07. The molecule has 35 heavy (non-hydrogen) atoms. The van der Waals surface area contributed by atoms with Gasteiger partial charge < -0.3 is 18.9 Å². The number of carbonyl (C=O) groups excluding carboxylic acids is 2. The van der Waals surface area contributed by atoms with Gasteiger partial charge in [-0.3, -0.25) is 0 Å². The Bertz CT molecular complexity index is 1130. The zero-order chi connectivity index (χ0) is 25.0. The Balaban J connectivity index is 1.52. The maximum absolute atomic E-state index is 12.2. The minimum absolute atomic E-state index is 0.192. The number of methoxy groups -OCH3 is 1. The number of benzene rings is 3. The molecule has 6 nitrogen and oxygen atoms in total. The summed E-state index contributed by atoms with van der Waals surface area (Å²) in [6.45, 7) is 5.09. The molecule has 0 aromatic heterocycles. The van der Waals surface area contributed by atoms with E-state index in [0.29, 0.717) is 35.3 Å². The Labute approximate surface area is 206 Å². The summed E-state index contributed by atoms with van der Waals surface area (Å²) in [5, 5.41) is 0. The number of ether oxygens (including phenoxy) is 4. The van der Waals surface area contributed by atoms with E-state index in [0.717, 1.165) is 17.5 Å². The van der Waals surface area contributed by atoms with E-state index in [2.05, 4.69) is 13.8 Å². The SMILES string of the molecule is COc1cc(/C=C/C(=O)Oc2ccc(C(=O)OCc3ccccc3)cc2)ccc1OCCC(C)C. The largest absolute Gasteiger partial charge is 0.493 e. The highest BCUT2D eigenvalue weighted by atomic mass is 16.5. The van der Waals surface area contributed by atoms with Crippen molar-refractivity contribution >= 4 is 18.0 Å². The first kappa shape index (κ1) is 25.6. The van der Waals surface area contributed by atoms with Crippen molar-refractivity contribution in [2.75, 3.05) is 13.7 Å². The molecule has 0 spiro atoms. The highest BCUT2D eigenvalue weighted by Crippen LogP contribution is 2.29. The van der Waals surface area contributed by atoms with E-state index in [1.165, 1.54) is 6.08 Å². The number of hydrogen-bond acceptors (Lipinski definition) is 6. The topological polar surface area (TPSA) is 71.1 Å². The van der Waals surface area contributed by atoms with Crippen molar-refractivity contribution in [2.24, 2.45) is 5.92 Å². The Morgan fingerprint density at radius 1 is 0.914 bits per heavy atom. The molecule has 0 aliphatic carbocycles. The molecule has 0 aliphatic heterocycles. The summed E-state index contributed by atoms with van der Waals surface area (Å²) < 4.78 is 21.8. The standard InChI is InChI=1S/C29H30O6/c1-21(2)17-18-33-26-15-9-22(19-27(26)32-3)10-16-28(30)35-25-13-11-24(12-14-25)29(31)34-20-23-7-5-4-6-8-23/h4-16,19,21H,17-18,20H2,1-3H3/b16-10+. The van der Waals surface area contributed by atoms with Crippen LogP contribution in [0, 0.1) is 5.92 Å². The predicted molar refractivity (Wildman–Crippen MR) is 135 cm³/mol. The van der Waals surface area contributed by atoms with Crippen LogP contribution in [0.15, 0.2) is 78.9 Å². The van der Waals surface area contributed by atoms with E-state index in [1.54, 1.807) is 43.5 Å². The van der Waals surface area contributed by atoms with Crippen molar-refractivity contribution in [3.63, 3.8) is 0 Å². The van der Waals surface area contributed by atoms with Crippen LogP contribution in [0.2, 0.25) is 0 Å². The molecule has 3 aromatic carbocycles. The average Bonchev–Trinajstić information content (AvgIpc) is 2.87. The molecule has 0 N–H and O–H groups in total. The zero-order valence-corrected chi connectivity index (χ0v) is 20.2. The zero-order valence-electron chi connectivity index (χ0n) is 20.2. The van der Waals surface area contributed by atoms with Gasteiger partial charge in [0.05, 0.1) is 19.3 Å². The lowest BCUT2D eigenvalue weighted by Crippen LogP contribution is -2.06. The van der Waals surface area contributed by atoms with Gasteiger partial charge in [0.15, 0.2) is 11.5 Å². The molecule has 0 fully saturated rings. The van der Waals surface area contributed by atoms with Crippen LogP contribution in [0.1, 0.15) is 41.8 Å². The highest BCUT2D eigenvalue weighted by molar-refractivity contribution is 5.90. The number of esters is 2. The van der Waals surface area contributed by atoms with E-state index in [1.807, 2.05) is 42.5 Å². The third-order valence-corrected chi connectivity index (χ3v) is 5.07. The van der Waals surface area contributed by atoms with Gasteiger partial charge in [-0.1, -0.05) is 50.2 Å². The van der Waals surface area contributed by atoms with E-state index in [-0.39, 0.29) is 6.61 Å². The van der Waals surface area contributed by atoms with Gasteiger partial charge in [0.1, 0.15) is 12.4 Å². The van der Waals surface area contributed by atoms with Crippen LogP contribution < -0.4 is 14.2 Å². The van der Waals surface area contributed by atoms with Crippen molar-refractivity contribution in [1.29, 1.82) is 0 Å². The fourth-order valence-corrected chi connectivity index (χ4v) is 3.09. The van der Waals surface area contributed by atoms with Crippen molar-refractivity contribution in [3.8, 4) is 17.2 Å². The number of carbonyl (C=O) groups is 2. The first-order valence-electron chi connectivity index (χ1n) is 11.5. The lowest BCUT2D eigenvalue weighted by Gasteiger charge is -2.12. The second kappa shape index (κ2) is 13.0. The smallest absolute Gasteiger partial charge is 0.338 e. The molecule has 3 aromatic rings. The Hall–Kier alpha value is -4.06. The Morgan fingerprint density at radius 3 is 2.34 bits per heavy atom. The molecule has 0 unspecified atom stereocenters. The molecule has 0 bridgehead atoms. The first-order valence-corrected chi connectivity index (χ1v) is 11.5. The molecule has 182 valence electrons. The molecule has 0 aliphatic rings. The Kier molecular flexibility index (Phi) is 9.49. The minimum atomic E-state index is -0.541. The van der Waals surface area contributed by atoms with E-state index >= 15 is 0 Å². The van der Waals surface area contributed by atoms with Crippen LogP contribution in [0.25, 0.3) is 6.08 Å². The molecule has 0 saturated heterocycles.